The van der Waals surface area contributed by atoms with Crippen molar-refractivity contribution in [1.82, 2.24) is 19.9 Å². The topological polar surface area (TPSA) is 140 Å². The number of hydrogen-bond acceptors (Lipinski definition) is 7. The van der Waals surface area contributed by atoms with E-state index in [1.807, 2.05) is 0 Å². The van der Waals surface area contributed by atoms with Crippen LogP contribution in [0.4, 0.5) is 24.5 Å². The number of carboxylic acids is 1. The molecule has 2 aliphatic carbocycles. The van der Waals surface area contributed by atoms with Crippen LogP contribution in [0.25, 0.3) is 22.6 Å². The van der Waals surface area contributed by atoms with Crippen molar-refractivity contribution >= 4 is 46.0 Å². The minimum Gasteiger partial charge on any atom is -0.475 e. The summed E-state index contributed by atoms with van der Waals surface area (Å²) in [5.74, 6) is -2.11. The van der Waals surface area contributed by atoms with Crippen molar-refractivity contribution in [1.29, 1.82) is 0 Å². The van der Waals surface area contributed by atoms with Gasteiger partial charge >= 0.3 is 12.1 Å². The van der Waals surface area contributed by atoms with Gasteiger partial charge < -0.3 is 30.9 Å². The molecule has 3 aliphatic rings. The Kier molecular flexibility index (Phi) is 7.84. The van der Waals surface area contributed by atoms with Gasteiger partial charge in [-0.05, 0) is 49.6 Å². The number of fused-ring (bicyclic) bond motifs is 3. The van der Waals surface area contributed by atoms with E-state index in [-0.39, 0.29) is 29.7 Å². The number of likely N-dealkylation sites (N-methyl/N-ethyl adjacent to an activating group) is 1. The van der Waals surface area contributed by atoms with Crippen LogP contribution in [-0.4, -0.2) is 82.3 Å². The Hall–Kier alpha value is -3.84. The van der Waals surface area contributed by atoms with Crippen molar-refractivity contribution < 1.29 is 27.9 Å². The molecule has 14 heteroatoms. The zero-order valence-corrected chi connectivity index (χ0v) is 22.8. The third kappa shape index (κ3) is 5.96. The Morgan fingerprint density at radius 1 is 1.12 bits per heavy atom. The van der Waals surface area contributed by atoms with Crippen LogP contribution in [-0.2, 0) is 9.59 Å². The van der Waals surface area contributed by atoms with Gasteiger partial charge in [-0.15, -0.1) is 0 Å². The van der Waals surface area contributed by atoms with Gasteiger partial charge in [0.25, 0.3) is 0 Å². The van der Waals surface area contributed by atoms with Crippen molar-refractivity contribution in [3.8, 4) is 11.4 Å². The Balaban J connectivity index is 0.000000431. The van der Waals surface area contributed by atoms with Crippen LogP contribution >= 0.6 is 11.6 Å². The first-order valence-corrected chi connectivity index (χ1v) is 13.4. The fourth-order valence-electron chi connectivity index (χ4n) is 5.68. The largest absolute Gasteiger partial charge is 0.490 e. The van der Waals surface area contributed by atoms with Gasteiger partial charge in [0.15, 0.2) is 5.65 Å². The molecule has 3 heterocycles. The van der Waals surface area contributed by atoms with Crippen molar-refractivity contribution in [2.75, 3.05) is 43.4 Å². The molecule has 1 saturated carbocycles. The minimum atomic E-state index is -5.08. The van der Waals surface area contributed by atoms with Gasteiger partial charge in [0, 0.05) is 43.5 Å². The summed E-state index contributed by atoms with van der Waals surface area (Å²) >= 11 is 6.57. The van der Waals surface area contributed by atoms with Crippen molar-refractivity contribution in [3.63, 3.8) is 0 Å². The van der Waals surface area contributed by atoms with Crippen LogP contribution in [0, 0.1) is 17.8 Å². The standard InChI is InChI=1S/C25H28ClN7O.C2HF3O2/c1-32-8-10-33(11-9-32)17-6-4-14(5-7-17)24-30-22-21(18(26)13-28-25(22)31-24)29-20-16-3-2-15(12-16)19(20)23(27)34;3-2(4,5)1(6)7/h2-7,13,15-16,19-20H,8-12H2,1H3,(H2,27,34)(H2,28,29,30,31);(H,6,7)/t15-,16+,19+,20-;/m1./s1. The van der Waals surface area contributed by atoms with E-state index in [0.717, 1.165) is 55.2 Å². The van der Waals surface area contributed by atoms with E-state index in [4.69, 9.17) is 32.2 Å². The average Bonchev–Trinajstić information content (AvgIpc) is 3.66. The average molecular weight is 592 g/mol. The second-order valence-corrected chi connectivity index (χ2v) is 10.9. The highest BCUT2D eigenvalue weighted by molar-refractivity contribution is 6.34. The molecule has 0 unspecified atom stereocenters. The van der Waals surface area contributed by atoms with Gasteiger partial charge in [0.2, 0.25) is 5.91 Å². The predicted octanol–water partition coefficient (Wildman–Crippen LogP) is 3.75. The fraction of sp³-hybridized carbons (Fsp3) is 0.407. The van der Waals surface area contributed by atoms with Crippen molar-refractivity contribution in [2.45, 2.75) is 18.6 Å². The third-order valence-corrected chi connectivity index (χ3v) is 8.11. The number of halogens is 4. The zero-order chi connectivity index (χ0) is 29.5. The van der Waals surface area contributed by atoms with Crippen LogP contribution < -0.4 is 16.0 Å². The van der Waals surface area contributed by atoms with Crippen molar-refractivity contribution in [2.24, 2.45) is 23.5 Å². The van der Waals surface area contributed by atoms with Gasteiger partial charge in [-0.25, -0.2) is 14.8 Å². The number of nitrogens with zero attached hydrogens (tertiary/aromatic N) is 4. The number of carboxylic acid groups (broad SMARTS) is 1. The zero-order valence-electron chi connectivity index (χ0n) is 22.0. The molecular weight excluding hydrogens is 563 g/mol. The molecule has 1 amide bonds. The Morgan fingerprint density at radius 3 is 2.37 bits per heavy atom. The number of hydrogen-bond donors (Lipinski definition) is 4. The number of aromatic nitrogens is 3. The summed E-state index contributed by atoms with van der Waals surface area (Å²) in [5, 5.41) is 11.1. The van der Waals surface area contributed by atoms with E-state index in [1.165, 1.54) is 5.69 Å². The molecule has 0 spiro atoms. The first-order valence-electron chi connectivity index (χ1n) is 13.0. The lowest BCUT2D eigenvalue weighted by atomic mass is 9.88. The number of nitrogens with two attached hydrogens (primary N) is 1. The first-order chi connectivity index (χ1) is 19.4. The number of benzene rings is 1. The number of aliphatic carboxylic acids is 1. The molecule has 2 fully saturated rings. The number of carbonyl (C=O) groups is 2. The molecule has 3 aromatic rings. The number of rotatable bonds is 5. The molecule has 5 N–H and O–H groups in total. The summed E-state index contributed by atoms with van der Waals surface area (Å²) in [6.07, 6.45) is 1.75. The number of carbonyl (C=O) groups excluding carboxylic acids is 1. The second-order valence-electron chi connectivity index (χ2n) is 10.5. The SMILES string of the molecule is CN1CCN(c2ccc(-c3nc4ncc(Cl)c(N[C@H]5[C@@H](C(N)=O)[C@@H]6C=C[C@H]5C6)c4[nH]3)cc2)CC1.O=C(O)C(F)(F)F. The van der Waals surface area contributed by atoms with Crippen LogP contribution in [0.3, 0.4) is 0 Å². The molecule has 1 aromatic carbocycles. The molecule has 41 heavy (non-hydrogen) atoms. The van der Waals surface area contributed by atoms with Crippen LogP contribution in [0.5, 0.6) is 0 Å². The number of amides is 1. The molecule has 0 radical (unpaired) electrons. The number of nitrogens with one attached hydrogen (secondary N) is 2. The lowest BCUT2D eigenvalue weighted by Crippen LogP contribution is -2.44. The third-order valence-electron chi connectivity index (χ3n) is 7.82. The van der Waals surface area contributed by atoms with Crippen molar-refractivity contribution in [3.05, 3.63) is 47.6 Å². The molecular formula is C27H29ClF3N7O3. The summed E-state index contributed by atoms with van der Waals surface area (Å²) in [6.45, 7) is 4.20. The van der Waals surface area contributed by atoms with Gasteiger partial charge in [0.05, 0.1) is 22.8 Å². The second kappa shape index (κ2) is 11.2. The number of allylic oxidation sites excluding steroid dienone is 1. The maximum absolute atomic E-state index is 12.2. The van der Waals surface area contributed by atoms with Gasteiger partial charge in [-0.2, -0.15) is 13.2 Å². The quantitative estimate of drug-likeness (QED) is 0.329. The molecule has 2 bridgehead atoms. The minimum absolute atomic E-state index is 0.0924. The van der Waals surface area contributed by atoms with Crippen LogP contribution in [0.2, 0.25) is 5.02 Å². The monoisotopic (exact) mass is 591 g/mol. The molecule has 6 rings (SSSR count). The number of pyridine rings is 1. The molecule has 4 atom stereocenters. The van der Waals surface area contributed by atoms with Gasteiger partial charge in [-0.1, -0.05) is 23.8 Å². The summed E-state index contributed by atoms with van der Waals surface area (Å²) < 4.78 is 31.7. The highest BCUT2D eigenvalue weighted by atomic mass is 35.5. The number of piperazine rings is 1. The highest BCUT2D eigenvalue weighted by Gasteiger charge is 2.47. The van der Waals surface area contributed by atoms with Gasteiger partial charge in [-0.3, -0.25) is 4.79 Å². The number of imidazole rings is 1. The number of aromatic amines is 1. The first kappa shape index (κ1) is 28.7. The van der Waals surface area contributed by atoms with Crippen LogP contribution in [0.1, 0.15) is 6.42 Å². The van der Waals surface area contributed by atoms with E-state index >= 15 is 0 Å². The number of H-pyrrole nitrogens is 1. The summed E-state index contributed by atoms with van der Waals surface area (Å²) in [6, 6.07) is 8.37. The van der Waals surface area contributed by atoms with E-state index < -0.39 is 12.1 Å². The maximum Gasteiger partial charge on any atom is 0.490 e. The van der Waals surface area contributed by atoms with Crippen LogP contribution in [0.15, 0.2) is 42.6 Å². The number of primary amides is 1. The fourth-order valence-corrected chi connectivity index (χ4v) is 5.88. The summed E-state index contributed by atoms with van der Waals surface area (Å²) in [4.78, 5) is 38.4. The summed E-state index contributed by atoms with van der Waals surface area (Å²) in [7, 11) is 2.16. The van der Waals surface area contributed by atoms with E-state index in [1.54, 1.807) is 6.20 Å². The van der Waals surface area contributed by atoms with E-state index in [0.29, 0.717) is 10.7 Å². The lowest BCUT2D eigenvalue weighted by molar-refractivity contribution is -0.192. The predicted molar refractivity (Wildman–Crippen MR) is 149 cm³/mol. The smallest absolute Gasteiger partial charge is 0.475 e. The van der Waals surface area contributed by atoms with E-state index in [9.17, 15) is 18.0 Å². The molecule has 1 aliphatic heterocycles. The maximum atomic E-state index is 12.2. The lowest BCUT2D eigenvalue weighted by Gasteiger charge is -2.34. The number of anilines is 2. The Labute approximate surface area is 238 Å². The molecule has 218 valence electrons. The Bertz CT molecular complexity index is 1470. The Morgan fingerprint density at radius 2 is 1.76 bits per heavy atom. The van der Waals surface area contributed by atoms with Gasteiger partial charge in [0.1, 0.15) is 11.3 Å². The van der Waals surface area contributed by atoms with E-state index in [2.05, 4.69) is 68.5 Å². The normalized spacial score (nSPS) is 23.9. The highest BCUT2D eigenvalue weighted by Crippen LogP contribution is 2.46. The summed E-state index contributed by atoms with van der Waals surface area (Å²) in [5.41, 5.74) is 9.99. The molecule has 10 nitrogen and oxygen atoms in total. The molecule has 1 saturated heterocycles. The number of alkyl halides is 3. The molecule has 2 aromatic heterocycles.